The number of carbonyl (C=O) groups is 1. The summed E-state index contributed by atoms with van der Waals surface area (Å²) in [6.07, 6.45) is 5.03. The van der Waals surface area contributed by atoms with Crippen LogP contribution in [0.15, 0.2) is 48.7 Å². The number of benzene rings is 1. The van der Waals surface area contributed by atoms with E-state index in [1.54, 1.807) is 12.3 Å². The van der Waals surface area contributed by atoms with Crippen LogP contribution in [0.4, 0.5) is 5.82 Å². The lowest BCUT2D eigenvalue weighted by atomic mass is 10.2. The van der Waals surface area contributed by atoms with E-state index in [1.807, 2.05) is 24.3 Å². The summed E-state index contributed by atoms with van der Waals surface area (Å²) in [5.41, 5.74) is 1.90. The van der Waals surface area contributed by atoms with Gasteiger partial charge in [0.25, 0.3) is 5.91 Å². The van der Waals surface area contributed by atoms with Crippen molar-refractivity contribution in [2.75, 3.05) is 18.0 Å². The Bertz CT molecular complexity index is 628. The van der Waals surface area contributed by atoms with Gasteiger partial charge in [0, 0.05) is 31.4 Å². The molecule has 128 valence electrons. The number of unbranched alkanes of at least 4 members (excludes halogenated alkanes) is 2. The Kier molecular flexibility index (Phi) is 7.27. The van der Waals surface area contributed by atoms with E-state index in [9.17, 15) is 4.79 Å². The van der Waals surface area contributed by atoms with E-state index < -0.39 is 0 Å². The Labute approximate surface area is 144 Å². The summed E-state index contributed by atoms with van der Waals surface area (Å²) in [4.78, 5) is 18.9. The van der Waals surface area contributed by atoms with Gasteiger partial charge in [-0.25, -0.2) is 4.98 Å². The first-order valence-corrected chi connectivity index (χ1v) is 8.77. The molecule has 1 aromatic carbocycles. The van der Waals surface area contributed by atoms with Crippen LogP contribution in [0, 0.1) is 0 Å². The minimum Gasteiger partial charge on any atom is -0.353 e. The van der Waals surface area contributed by atoms with Gasteiger partial charge in [-0.1, -0.05) is 50.1 Å². The molecule has 2 rings (SSSR count). The third-order valence-corrected chi connectivity index (χ3v) is 4.00. The quantitative estimate of drug-likeness (QED) is 0.708. The summed E-state index contributed by atoms with van der Waals surface area (Å²) in [5, 5.41) is 2.98. The van der Waals surface area contributed by atoms with Crippen molar-refractivity contribution in [1.82, 2.24) is 10.3 Å². The van der Waals surface area contributed by atoms with Crippen molar-refractivity contribution in [2.24, 2.45) is 0 Å². The largest absolute Gasteiger partial charge is 0.353 e. The van der Waals surface area contributed by atoms with Crippen LogP contribution in [-0.4, -0.2) is 24.0 Å². The molecule has 0 aliphatic heterocycles. The van der Waals surface area contributed by atoms with E-state index in [0.29, 0.717) is 5.56 Å². The molecule has 0 saturated heterocycles. The van der Waals surface area contributed by atoms with Crippen molar-refractivity contribution in [3.63, 3.8) is 0 Å². The van der Waals surface area contributed by atoms with Crippen LogP contribution in [0.1, 0.15) is 49.0 Å². The van der Waals surface area contributed by atoms with Crippen molar-refractivity contribution in [3.8, 4) is 0 Å². The van der Waals surface area contributed by atoms with E-state index >= 15 is 0 Å². The normalized spacial score (nSPS) is 10.4. The van der Waals surface area contributed by atoms with Gasteiger partial charge in [0.1, 0.15) is 5.82 Å². The van der Waals surface area contributed by atoms with Crippen molar-refractivity contribution >= 4 is 11.7 Å². The molecule has 0 fully saturated rings. The molecule has 4 nitrogen and oxygen atoms in total. The molecule has 0 spiro atoms. The lowest BCUT2D eigenvalue weighted by Gasteiger charge is -2.22. The summed E-state index contributed by atoms with van der Waals surface area (Å²) in [5.74, 6) is 0.813. The minimum absolute atomic E-state index is 0.0227. The zero-order valence-corrected chi connectivity index (χ0v) is 14.7. The van der Waals surface area contributed by atoms with Crippen molar-refractivity contribution in [1.29, 1.82) is 0 Å². The van der Waals surface area contributed by atoms with Gasteiger partial charge >= 0.3 is 0 Å². The van der Waals surface area contributed by atoms with Gasteiger partial charge in [-0.3, -0.25) is 4.79 Å². The van der Waals surface area contributed by atoms with Crippen LogP contribution >= 0.6 is 0 Å². The van der Waals surface area contributed by atoms with E-state index in [2.05, 4.69) is 41.2 Å². The Morgan fingerprint density at radius 2 is 1.92 bits per heavy atom. The number of aromatic nitrogens is 1. The zero-order chi connectivity index (χ0) is 17.2. The maximum atomic E-state index is 12.3. The number of amides is 1. The predicted molar refractivity (Wildman–Crippen MR) is 99.3 cm³/mol. The molecule has 0 bridgehead atoms. The highest BCUT2D eigenvalue weighted by Gasteiger charge is 2.11. The molecule has 24 heavy (non-hydrogen) atoms. The zero-order valence-electron chi connectivity index (χ0n) is 14.7. The first kappa shape index (κ1) is 18.0. The SMILES string of the molecule is CCCCCNC(=O)c1ccnc(N(CC)Cc2ccccc2)c1. The van der Waals surface area contributed by atoms with Gasteiger partial charge in [-0.05, 0) is 31.0 Å². The maximum Gasteiger partial charge on any atom is 0.251 e. The third-order valence-electron chi connectivity index (χ3n) is 4.00. The van der Waals surface area contributed by atoms with Crippen LogP contribution in [0.2, 0.25) is 0 Å². The Balaban J connectivity index is 2.03. The fraction of sp³-hybridized carbons (Fsp3) is 0.400. The summed E-state index contributed by atoms with van der Waals surface area (Å²) in [6.45, 7) is 6.60. The highest BCUT2D eigenvalue weighted by atomic mass is 16.1. The average Bonchev–Trinajstić information content (AvgIpc) is 2.64. The van der Waals surface area contributed by atoms with Crippen molar-refractivity contribution in [3.05, 3.63) is 59.8 Å². The van der Waals surface area contributed by atoms with E-state index in [4.69, 9.17) is 0 Å². The van der Waals surface area contributed by atoms with Gasteiger partial charge < -0.3 is 10.2 Å². The average molecular weight is 325 g/mol. The summed E-state index contributed by atoms with van der Waals surface area (Å²) in [7, 11) is 0. The first-order chi connectivity index (χ1) is 11.7. The van der Waals surface area contributed by atoms with Crippen LogP contribution in [-0.2, 0) is 6.54 Å². The molecule has 1 heterocycles. The Hall–Kier alpha value is -2.36. The fourth-order valence-corrected chi connectivity index (χ4v) is 2.57. The molecule has 0 radical (unpaired) electrons. The van der Waals surface area contributed by atoms with Gasteiger partial charge in [0.2, 0.25) is 0 Å². The number of carbonyl (C=O) groups excluding carboxylic acids is 1. The first-order valence-electron chi connectivity index (χ1n) is 8.77. The molecule has 0 saturated carbocycles. The lowest BCUT2D eigenvalue weighted by Crippen LogP contribution is -2.26. The number of anilines is 1. The number of hydrogen-bond acceptors (Lipinski definition) is 3. The number of pyridine rings is 1. The molecule has 0 unspecified atom stereocenters. The summed E-state index contributed by atoms with van der Waals surface area (Å²) < 4.78 is 0. The highest BCUT2D eigenvalue weighted by Crippen LogP contribution is 2.16. The summed E-state index contributed by atoms with van der Waals surface area (Å²) in [6, 6.07) is 13.9. The van der Waals surface area contributed by atoms with Crippen LogP contribution < -0.4 is 10.2 Å². The standard InChI is InChI=1S/C20H27N3O/c1-3-5-9-13-22-20(24)18-12-14-21-19(15-18)23(4-2)16-17-10-7-6-8-11-17/h6-8,10-12,14-15H,3-5,9,13,16H2,1-2H3,(H,22,24). The second-order valence-corrected chi connectivity index (χ2v) is 5.87. The minimum atomic E-state index is -0.0227. The molecule has 0 aliphatic rings. The molecule has 0 aliphatic carbocycles. The van der Waals surface area contributed by atoms with Gasteiger partial charge in [-0.15, -0.1) is 0 Å². The van der Waals surface area contributed by atoms with E-state index in [0.717, 1.165) is 44.7 Å². The molecule has 4 heteroatoms. The van der Waals surface area contributed by atoms with E-state index in [-0.39, 0.29) is 5.91 Å². The predicted octanol–water partition coefficient (Wildman–Crippen LogP) is 4.03. The molecular weight excluding hydrogens is 298 g/mol. The Morgan fingerprint density at radius 3 is 2.62 bits per heavy atom. The molecule has 1 aromatic heterocycles. The third kappa shape index (κ3) is 5.37. The van der Waals surface area contributed by atoms with Gasteiger partial charge in [0.05, 0.1) is 0 Å². The van der Waals surface area contributed by atoms with Gasteiger partial charge in [0.15, 0.2) is 0 Å². The second kappa shape index (κ2) is 9.71. The van der Waals surface area contributed by atoms with Crippen LogP contribution in [0.3, 0.4) is 0 Å². The molecular formula is C20H27N3O. The van der Waals surface area contributed by atoms with Gasteiger partial charge in [-0.2, -0.15) is 0 Å². The lowest BCUT2D eigenvalue weighted by molar-refractivity contribution is 0.0953. The number of nitrogens with one attached hydrogen (secondary N) is 1. The topological polar surface area (TPSA) is 45.2 Å². The smallest absolute Gasteiger partial charge is 0.251 e. The molecule has 2 aromatic rings. The number of nitrogens with zero attached hydrogens (tertiary/aromatic N) is 2. The van der Waals surface area contributed by atoms with Crippen molar-refractivity contribution < 1.29 is 4.79 Å². The van der Waals surface area contributed by atoms with Crippen molar-refractivity contribution in [2.45, 2.75) is 39.7 Å². The highest BCUT2D eigenvalue weighted by molar-refractivity contribution is 5.94. The molecule has 1 amide bonds. The van der Waals surface area contributed by atoms with Crippen LogP contribution in [0.25, 0.3) is 0 Å². The number of rotatable bonds is 9. The van der Waals surface area contributed by atoms with Crippen LogP contribution in [0.5, 0.6) is 0 Å². The number of hydrogen-bond donors (Lipinski definition) is 1. The fourth-order valence-electron chi connectivity index (χ4n) is 2.57. The Morgan fingerprint density at radius 1 is 1.12 bits per heavy atom. The second-order valence-electron chi connectivity index (χ2n) is 5.87. The maximum absolute atomic E-state index is 12.3. The monoisotopic (exact) mass is 325 g/mol. The molecule has 1 N–H and O–H groups in total. The van der Waals surface area contributed by atoms with E-state index in [1.165, 1.54) is 5.56 Å². The molecule has 0 atom stereocenters. The summed E-state index contributed by atoms with van der Waals surface area (Å²) >= 11 is 0.